The van der Waals surface area contributed by atoms with Crippen molar-refractivity contribution in [2.45, 2.75) is 13.5 Å². The molecular weight excluding hydrogens is 390 g/mol. The second-order valence-corrected chi connectivity index (χ2v) is 5.94. The van der Waals surface area contributed by atoms with Gasteiger partial charge in [-0.3, -0.25) is 9.69 Å². The van der Waals surface area contributed by atoms with Crippen molar-refractivity contribution in [1.82, 2.24) is 0 Å². The quantitative estimate of drug-likeness (QED) is 0.205. The van der Waals surface area contributed by atoms with Gasteiger partial charge in [0, 0.05) is 17.3 Å². The van der Waals surface area contributed by atoms with E-state index >= 15 is 0 Å². The first-order valence-electron chi connectivity index (χ1n) is 9.05. The van der Waals surface area contributed by atoms with Gasteiger partial charge in [0.1, 0.15) is 17.2 Å². The second-order valence-electron chi connectivity index (χ2n) is 5.94. The van der Waals surface area contributed by atoms with E-state index in [2.05, 4.69) is 4.79 Å². The van der Waals surface area contributed by atoms with E-state index in [-0.39, 0.29) is 13.2 Å². The Morgan fingerprint density at radius 3 is 2.13 bits per heavy atom. The SMILES string of the molecule is CCOC(=O)C(=[N+]=[N-])C(=O)N(Cc1ccc(OC)cc1OC)c1ccc(OC)cc1. The van der Waals surface area contributed by atoms with Crippen LogP contribution in [0.5, 0.6) is 17.2 Å². The number of rotatable bonds is 9. The van der Waals surface area contributed by atoms with Crippen LogP contribution in [0.1, 0.15) is 12.5 Å². The Bertz CT molecular complexity index is 952. The lowest BCUT2D eigenvalue weighted by Gasteiger charge is -2.22. The summed E-state index contributed by atoms with van der Waals surface area (Å²) in [6, 6.07) is 11.8. The van der Waals surface area contributed by atoms with Crippen molar-refractivity contribution in [3.8, 4) is 17.2 Å². The monoisotopic (exact) mass is 413 g/mol. The summed E-state index contributed by atoms with van der Waals surface area (Å²) in [5.41, 5.74) is 9.64. The predicted octanol–water partition coefficient (Wildman–Crippen LogP) is 2.48. The first-order valence-corrected chi connectivity index (χ1v) is 9.05. The number of carbonyl (C=O) groups excluding carboxylic acids is 2. The minimum absolute atomic E-state index is 0.0246. The first-order chi connectivity index (χ1) is 14.5. The summed E-state index contributed by atoms with van der Waals surface area (Å²) in [4.78, 5) is 29.3. The summed E-state index contributed by atoms with van der Waals surface area (Å²) >= 11 is 0. The van der Waals surface area contributed by atoms with Gasteiger partial charge in [0.15, 0.2) is 0 Å². The van der Waals surface area contributed by atoms with Crippen LogP contribution in [0.4, 0.5) is 5.69 Å². The normalized spacial score (nSPS) is 9.87. The highest BCUT2D eigenvalue weighted by atomic mass is 16.5. The van der Waals surface area contributed by atoms with Crippen LogP contribution in [0.3, 0.4) is 0 Å². The summed E-state index contributed by atoms with van der Waals surface area (Å²) in [6.45, 7) is 1.64. The zero-order chi connectivity index (χ0) is 22.1. The number of benzene rings is 2. The van der Waals surface area contributed by atoms with E-state index in [1.165, 1.54) is 26.2 Å². The molecule has 2 rings (SSSR count). The third-order valence-electron chi connectivity index (χ3n) is 4.22. The number of hydrogen-bond acceptors (Lipinski definition) is 6. The molecule has 0 atom stereocenters. The molecule has 0 aliphatic carbocycles. The highest BCUT2D eigenvalue weighted by Crippen LogP contribution is 2.28. The van der Waals surface area contributed by atoms with Gasteiger partial charge in [-0.05, 0) is 43.3 Å². The zero-order valence-corrected chi connectivity index (χ0v) is 17.2. The van der Waals surface area contributed by atoms with E-state index in [4.69, 9.17) is 18.9 Å². The van der Waals surface area contributed by atoms with Crippen LogP contribution in [-0.4, -0.2) is 50.3 Å². The van der Waals surface area contributed by atoms with Crippen LogP contribution in [0.2, 0.25) is 0 Å². The maximum Gasteiger partial charge on any atom is 0.463 e. The van der Waals surface area contributed by atoms with Crippen molar-refractivity contribution in [2.75, 3.05) is 32.8 Å². The smallest absolute Gasteiger partial charge is 0.463 e. The molecule has 9 heteroatoms. The van der Waals surface area contributed by atoms with Gasteiger partial charge < -0.3 is 24.5 Å². The number of methoxy groups -OCH3 is 3. The van der Waals surface area contributed by atoms with Crippen molar-refractivity contribution in [2.24, 2.45) is 0 Å². The maximum absolute atomic E-state index is 13.1. The molecule has 0 radical (unpaired) electrons. The topological polar surface area (TPSA) is 111 Å². The lowest BCUT2D eigenvalue weighted by atomic mass is 10.1. The van der Waals surface area contributed by atoms with Gasteiger partial charge in [-0.25, -0.2) is 4.79 Å². The molecule has 9 nitrogen and oxygen atoms in total. The van der Waals surface area contributed by atoms with E-state index in [0.717, 1.165) is 0 Å². The molecule has 1 amide bonds. The van der Waals surface area contributed by atoms with Crippen molar-refractivity contribution in [1.29, 1.82) is 0 Å². The van der Waals surface area contributed by atoms with Crippen molar-refractivity contribution < 1.29 is 33.3 Å². The predicted molar refractivity (Wildman–Crippen MR) is 109 cm³/mol. The van der Waals surface area contributed by atoms with Gasteiger partial charge in [-0.2, -0.15) is 4.79 Å². The minimum atomic E-state index is -1.02. The Kier molecular flexibility index (Phi) is 7.96. The average molecular weight is 413 g/mol. The highest BCUT2D eigenvalue weighted by Gasteiger charge is 2.36. The van der Waals surface area contributed by atoms with Crippen LogP contribution in [0, 0.1) is 0 Å². The summed E-state index contributed by atoms with van der Waals surface area (Å²) < 4.78 is 20.6. The van der Waals surface area contributed by atoms with E-state index in [9.17, 15) is 15.1 Å². The second kappa shape index (κ2) is 10.6. The molecule has 2 aromatic carbocycles. The third kappa shape index (κ3) is 5.15. The minimum Gasteiger partial charge on any atom is -0.497 e. The molecule has 2 aromatic rings. The molecule has 0 aliphatic heterocycles. The van der Waals surface area contributed by atoms with Gasteiger partial charge in [0.05, 0.1) is 34.5 Å². The Labute approximate surface area is 174 Å². The molecule has 30 heavy (non-hydrogen) atoms. The molecule has 0 saturated carbocycles. The van der Waals surface area contributed by atoms with Gasteiger partial charge in [0.25, 0.3) is 0 Å². The van der Waals surface area contributed by atoms with Gasteiger partial charge in [0.2, 0.25) is 0 Å². The largest absolute Gasteiger partial charge is 0.497 e. The van der Waals surface area contributed by atoms with E-state index in [0.29, 0.717) is 28.5 Å². The van der Waals surface area contributed by atoms with Gasteiger partial charge in [-0.1, -0.05) is 0 Å². The lowest BCUT2D eigenvalue weighted by Crippen LogP contribution is -2.41. The van der Waals surface area contributed by atoms with E-state index in [1.807, 2.05) is 0 Å². The molecule has 0 bridgehead atoms. The van der Waals surface area contributed by atoms with Gasteiger partial charge >= 0.3 is 17.6 Å². The van der Waals surface area contributed by atoms with E-state index < -0.39 is 17.6 Å². The van der Waals surface area contributed by atoms with Crippen LogP contribution < -0.4 is 19.1 Å². The molecule has 0 saturated heterocycles. The molecule has 0 N–H and O–H groups in total. The Morgan fingerprint density at radius 2 is 1.60 bits per heavy atom. The molecule has 0 heterocycles. The molecule has 0 spiro atoms. The first kappa shape index (κ1) is 22.4. The summed E-state index contributed by atoms with van der Waals surface area (Å²) in [7, 11) is 4.55. The lowest BCUT2D eigenvalue weighted by molar-refractivity contribution is -0.141. The Morgan fingerprint density at radius 1 is 0.967 bits per heavy atom. The highest BCUT2D eigenvalue weighted by molar-refractivity contribution is 6.64. The average Bonchev–Trinajstić information content (AvgIpc) is 2.78. The number of hydrogen-bond donors (Lipinski definition) is 0. The fourth-order valence-electron chi connectivity index (χ4n) is 2.69. The van der Waals surface area contributed by atoms with Crippen molar-refractivity contribution in [3.05, 3.63) is 53.6 Å². The van der Waals surface area contributed by atoms with Crippen LogP contribution in [-0.2, 0) is 20.9 Å². The van der Waals surface area contributed by atoms with Crippen LogP contribution in [0.15, 0.2) is 42.5 Å². The number of nitrogens with zero attached hydrogens (tertiary/aromatic N) is 3. The van der Waals surface area contributed by atoms with Gasteiger partial charge in [-0.15, -0.1) is 0 Å². The Balaban J connectivity index is 2.49. The molecular formula is C21H23N3O6. The summed E-state index contributed by atoms with van der Waals surface area (Å²) in [5, 5.41) is 0. The molecule has 0 fully saturated rings. The molecule has 0 aliphatic rings. The fraction of sp³-hybridized carbons (Fsp3) is 0.286. The van der Waals surface area contributed by atoms with E-state index in [1.54, 1.807) is 49.4 Å². The molecule has 158 valence electrons. The maximum atomic E-state index is 13.1. The number of carbonyl (C=O) groups is 2. The number of ether oxygens (including phenoxy) is 4. The van der Waals surface area contributed by atoms with Crippen molar-refractivity contribution in [3.63, 3.8) is 0 Å². The number of esters is 1. The fourth-order valence-corrected chi connectivity index (χ4v) is 2.69. The molecule has 0 aromatic heterocycles. The van der Waals surface area contributed by atoms with Crippen molar-refractivity contribution >= 4 is 23.3 Å². The summed E-state index contributed by atoms with van der Waals surface area (Å²) in [5.74, 6) is -0.194. The standard InChI is InChI=1S/C21H23N3O6/c1-5-30-21(26)19(23-22)20(25)24(15-7-10-16(27-2)11-8-15)13-14-6-9-17(28-3)12-18(14)29-4/h6-12H,5,13H2,1-4H3. The third-order valence-corrected chi connectivity index (χ3v) is 4.22. The van der Waals surface area contributed by atoms with Crippen LogP contribution in [0.25, 0.3) is 5.53 Å². The van der Waals surface area contributed by atoms with Crippen LogP contribution >= 0.6 is 0 Å². The zero-order valence-electron chi connectivity index (χ0n) is 17.2. The number of anilines is 1. The number of amides is 1. The summed E-state index contributed by atoms with van der Waals surface area (Å²) in [6.07, 6.45) is 0. The Hall–Kier alpha value is -3.84. The molecule has 0 unspecified atom stereocenters.